The normalized spacial score (nSPS) is 16.3. The lowest BCUT2D eigenvalue weighted by Crippen LogP contribution is -2.41. The van der Waals surface area contributed by atoms with Crippen LogP contribution >= 0.6 is 11.6 Å². The molecule has 0 aliphatic carbocycles. The van der Waals surface area contributed by atoms with Crippen molar-refractivity contribution in [3.05, 3.63) is 52.2 Å². The van der Waals surface area contributed by atoms with E-state index in [2.05, 4.69) is 36.0 Å². The predicted molar refractivity (Wildman–Crippen MR) is 109 cm³/mol. The fourth-order valence-electron chi connectivity index (χ4n) is 3.06. The van der Waals surface area contributed by atoms with Gasteiger partial charge in [-0.1, -0.05) is 17.7 Å². The molecule has 162 valence electrons. The molecule has 0 unspecified atom stereocenters. The molecule has 3 aromatic rings. The number of hydrogen-bond donors (Lipinski definition) is 2. The van der Waals surface area contributed by atoms with Gasteiger partial charge in [0.25, 0.3) is 5.91 Å². The molecule has 3 heterocycles. The quantitative estimate of drug-likeness (QED) is 0.578. The molecule has 0 saturated carbocycles. The number of halogens is 2. The first kappa shape index (κ1) is 21.2. The van der Waals surface area contributed by atoms with Crippen LogP contribution in [0.3, 0.4) is 0 Å². The van der Waals surface area contributed by atoms with E-state index in [0.29, 0.717) is 36.8 Å². The number of amides is 1. The molecule has 2 aromatic heterocycles. The number of morpholine rings is 1. The van der Waals surface area contributed by atoms with Crippen LogP contribution in [0.5, 0.6) is 0 Å². The molecule has 10 nitrogen and oxygen atoms in total. The highest BCUT2D eigenvalue weighted by atomic mass is 35.5. The molecule has 1 aliphatic heterocycles. The van der Waals surface area contributed by atoms with E-state index in [9.17, 15) is 9.18 Å². The minimum atomic E-state index is -0.514. The molecule has 0 bridgehead atoms. The first-order valence-electron chi connectivity index (χ1n) is 9.66. The van der Waals surface area contributed by atoms with Gasteiger partial charge in [0.05, 0.1) is 24.3 Å². The Bertz CT molecular complexity index is 1090. The van der Waals surface area contributed by atoms with Crippen molar-refractivity contribution >= 4 is 17.5 Å². The van der Waals surface area contributed by atoms with Crippen LogP contribution in [0, 0.1) is 12.7 Å². The Balaban J connectivity index is 1.45. The Hall–Kier alpha value is -3.02. The summed E-state index contributed by atoms with van der Waals surface area (Å²) in [5.41, 5.74) is 1.21. The molecule has 2 N–H and O–H groups in total. The monoisotopic (exact) mass is 446 g/mol. The third-order valence-corrected chi connectivity index (χ3v) is 4.85. The highest BCUT2D eigenvalue weighted by Crippen LogP contribution is 2.16. The average Bonchev–Trinajstić information content (AvgIpc) is 3.23. The number of benzene rings is 1. The number of nitrogens with one attached hydrogen (secondary N) is 2. The number of carbonyl (C=O) groups is 1. The molecule has 4 rings (SSSR count). The third kappa shape index (κ3) is 5.37. The topological polar surface area (TPSA) is 120 Å². The highest BCUT2D eigenvalue weighted by Gasteiger charge is 2.18. The first-order chi connectivity index (χ1) is 15.0. The molecular weight excluding hydrogens is 427 g/mol. The minimum absolute atomic E-state index is 0.00418. The summed E-state index contributed by atoms with van der Waals surface area (Å²) in [5, 5.41) is 18.4. The second kappa shape index (κ2) is 9.41. The van der Waals surface area contributed by atoms with Crippen molar-refractivity contribution < 1.29 is 13.9 Å². The molecule has 1 aliphatic rings. The molecule has 0 spiro atoms. The smallest absolute Gasteiger partial charge is 0.270 e. The molecule has 1 saturated heterocycles. The zero-order chi connectivity index (χ0) is 21.8. The van der Waals surface area contributed by atoms with Crippen molar-refractivity contribution in [2.75, 3.05) is 19.7 Å². The van der Waals surface area contributed by atoms with Gasteiger partial charge in [-0.25, -0.2) is 14.4 Å². The van der Waals surface area contributed by atoms with Gasteiger partial charge in [0.15, 0.2) is 0 Å². The number of aromatic nitrogens is 6. The lowest BCUT2D eigenvalue weighted by atomic mass is 10.2. The average molecular weight is 447 g/mol. The van der Waals surface area contributed by atoms with Gasteiger partial charge in [-0.05, 0) is 35.9 Å². The minimum Gasteiger partial charge on any atom is -0.374 e. The highest BCUT2D eigenvalue weighted by molar-refractivity contribution is 6.30. The Morgan fingerprint density at radius 1 is 1.39 bits per heavy atom. The second-order valence-electron chi connectivity index (χ2n) is 6.98. The van der Waals surface area contributed by atoms with Gasteiger partial charge in [-0.3, -0.25) is 4.79 Å². The van der Waals surface area contributed by atoms with E-state index < -0.39 is 11.7 Å². The maximum absolute atomic E-state index is 13.3. The Labute approximate surface area is 182 Å². The van der Waals surface area contributed by atoms with Crippen LogP contribution in [0.2, 0.25) is 5.02 Å². The summed E-state index contributed by atoms with van der Waals surface area (Å²) in [6, 6.07) is 5.76. The maximum atomic E-state index is 13.3. The molecule has 1 fully saturated rings. The van der Waals surface area contributed by atoms with Crippen LogP contribution in [0.1, 0.15) is 21.9 Å². The van der Waals surface area contributed by atoms with Crippen molar-refractivity contribution in [2.24, 2.45) is 0 Å². The van der Waals surface area contributed by atoms with Crippen molar-refractivity contribution in [2.45, 2.75) is 26.1 Å². The van der Waals surface area contributed by atoms with Crippen molar-refractivity contribution in [1.29, 1.82) is 0 Å². The van der Waals surface area contributed by atoms with E-state index in [0.717, 1.165) is 6.54 Å². The predicted octanol–water partition coefficient (Wildman–Crippen LogP) is 1.15. The standard InChI is InChI=1S/C19H20ClFN8O2/c1-11-24-16(18-26-28-29(27-18)10-13-9-22-4-5-31-13)7-17(25-11)19(30)23-8-12-2-3-15(21)14(20)6-12/h2-3,6-7,13,22H,4-5,8-10H2,1H3,(H,23,30)/t13-/m0/s1. The summed E-state index contributed by atoms with van der Waals surface area (Å²) in [6.45, 7) is 4.48. The number of tetrazole rings is 1. The number of ether oxygens (including phenoxy) is 1. The Morgan fingerprint density at radius 3 is 3.03 bits per heavy atom. The largest absolute Gasteiger partial charge is 0.374 e. The fraction of sp³-hybridized carbons (Fsp3) is 0.368. The summed E-state index contributed by atoms with van der Waals surface area (Å²) in [7, 11) is 0. The molecule has 0 radical (unpaired) electrons. The van der Waals surface area contributed by atoms with E-state index in [4.69, 9.17) is 16.3 Å². The lowest BCUT2D eigenvalue weighted by Gasteiger charge is -2.22. The van der Waals surface area contributed by atoms with E-state index >= 15 is 0 Å². The van der Waals surface area contributed by atoms with E-state index in [1.165, 1.54) is 23.0 Å². The van der Waals surface area contributed by atoms with Crippen LogP contribution in [-0.2, 0) is 17.8 Å². The molecule has 1 atom stereocenters. The lowest BCUT2D eigenvalue weighted by molar-refractivity contribution is 0.0133. The third-order valence-electron chi connectivity index (χ3n) is 4.56. The van der Waals surface area contributed by atoms with Crippen molar-refractivity contribution in [3.63, 3.8) is 0 Å². The number of hydrogen-bond acceptors (Lipinski definition) is 8. The first-order valence-corrected chi connectivity index (χ1v) is 10.0. The van der Waals surface area contributed by atoms with Gasteiger partial charge in [-0.2, -0.15) is 4.80 Å². The second-order valence-corrected chi connectivity index (χ2v) is 7.39. The van der Waals surface area contributed by atoms with Gasteiger partial charge in [0, 0.05) is 19.6 Å². The van der Waals surface area contributed by atoms with Gasteiger partial charge in [-0.15, -0.1) is 10.2 Å². The molecule has 12 heteroatoms. The van der Waals surface area contributed by atoms with Crippen LogP contribution in [0.15, 0.2) is 24.3 Å². The molecule has 31 heavy (non-hydrogen) atoms. The van der Waals surface area contributed by atoms with Crippen LogP contribution in [0.4, 0.5) is 4.39 Å². The van der Waals surface area contributed by atoms with Gasteiger partial charge < -0.3 is 15.4 Å². The molecule has 1 aromatic carbocycles. The van der Waals surface area contributed by atoms with Crippen LogP contribution in [0.25, 0.3) is 11.5 Å². The Kier molecular flexibility index (Phi) is 6.44. The maximum Gasteiger partial charge on any atom is 0.270 e. The fourth-order valence-corrected chi connectivity index (χ4v) is 3.27. The zero-order valence-electron chi connectivity index (χ0n) is 16.7. The number of aryl methyl sites for hydroxylation is 1. The van der Waals surface area contributed by atoms with Gasteiger partial charge in [0.2, 0.25) is 5.82 Å². The number of carbonyl (C=O) groups excluding carboxylic acids is 1. The van der Waals surface area contributed by atoms with E-state index in [1.54, 1.807) is 13.0 Å². The summed E-state index contributed by atoms with van der Waals surface area (Å²) >= 11 is 5.78. The Morgan fingerprint density at radius 2 is 2.26 bits per heavy atom. The van der Waals surface area contributed by atoms with Gasteiger partial charge in [0.1, 0.15) is 23.0 Å². The van der Waals surface area contributed by atoms with E-state index in [1.807, 2.05) is 0 Å². The number of rotatable bonds is 6. The molecular formula is C19H20ClFN8O2. The van der Waals surface area contributed by atoms with Crippen molar-refractivity contribution in [3.8, 4) is 11.5 Å². The summed E-state index contributed by atoms with van der Waals surface area (Å²) in [6.07, 6.45) is -0.0377. The van der Waals surface area contributed by atoms with Crippen LogP contribution in [-0.4, -0.2) is 61.9 Å². The van der Waals surface area contributed by atoms with E-state index in [-0.39, 0.29) is 29.2 Å². The van der Waals surface area contributed by atoms with Gasteiger partial charge >= 0.3 is 0 Å². The zero-order valence-corrected chi connectivity index (χ0v) is 17.4. The summed E-state index contributed by atoms with van der Waals surface area (Å²) in [5.74, 6) is -0.252. The SMILES string of the molecule is Cc1nc(C(=O)NCc2ccc(F)c(Cl)c2)cc(-c2nnn(C[C@@H]3CNCCO3)n2)n1. The summed E-state index contributed by atoms with van der Waals surface area (Å²) in [4.78, 5) is 22.5. The summed E-state index contributed by atoms with van der Waals surface area (Å²) < 4.78 is 18.9. The molecule has 1 amide bonds. The van der Waals surface area contributed by atoms with Crippen molar-refractivity contribution in [1.82, 2.24) is 40.8 Å². The van der Waals surface area contributed by atoms with Crippen LogP contribution < -0.4 is 10.6 Å². The number of nitrogens with zero attached hydrogens (tertiary/aromatic N) is 6.